The number of aromatic nitrogens is 1. The van der Waals surface area contributed by atoms with Crippen molar-refractivity contribution in [2.24, 2.45) is 0 Å². The number of thiazole rings is 1. The molecule has 0 N–H and O–H groups in total. The number of hydrogen-bond acceptors (Lipinski definition) is 2. The van der Waals surface area contributed by atoms with Crippen LogP contribution in [0.15, 0.2) is 36.4 Å². The molecule has 0 saturated heterocycles. The molecule has 0 bridgehead atoms. The Morgan fingerprint density at radius 1 is 1.05 bits per heavy atom. The van der Waals surface area contributed by atoms with Crippen molar-refractivity contribution in [3.8, 4) is 11.1 Å². The molecule has 0 atom stereocenters. The average molecular weight is 311 g/mol. The summed E-state index contributed by atoms with van der Waals surface area (Å²) < 4.78 is 52.3. The average Bonchev–Trinajstić information content (AvgIpc) is 2.82. The van der Waals surface area contributed by atoms with Crippen LogP contribution in [-0.4, -0.2) is 4.98 Å². The zero-order valence-corrected chi connectivity index (χ0v) is 11.6. The second kappa shape index (κ2) is 4.80. The maximum atomic E-state index is 13.7. The molecular weight excluding hydrogens is 302 g/mol. The minimum atomic E-state index is -4.52. The molecule has 1 nitrogen and oxygen atoms in total. The number of fused-ring (bicyclic) bond motifs is 1. The first-order valence-electron chi connectivity index (χ1n) is 6.09. The van der Waals surface area contributed by atoms with E-state index in [9.17, 15) is 17.6 Å². The Labute approximate surface area is 121 Å². The highest BCUT2D eigenvalue weighted by atomic mass is 32.1. The first-order valence-corrected chi connectivity index (χ1v) is 6.90. The molecule has 2 aromatic carbocycles. The minimum absolute atomic E-state index is 0.0305. The van der Waals surface area contributed by atoms with Crippen molar-refractivity contribution in [2.45, 2.75) is 13.1 Å². The van der Waals surface area contributed by atoms with Gasteiger partial charge in [0.1, 0.15) is 5.82 Å². The van der Waals surface area contributed by atoms with E-state index in [4.69, 9.17) is 0 Å². The molecule has 0 aliphatic carbocycles. The summed E-state index contributed by atoms with van der Waals surface area (Å²) in [5, 5.41) is -0.962. The van der Waals surface area contributed by atoms with E-state index in [0.29, 0.717) is 27.2 Å². The first kappa shape index (κ1) is 14.0. The molecule has 1 heterocycles. The number of halogens is 4. The zero-order valence-electron chi connectivity index (χ0n) is 10.8. The maximum absolute atomic E-state index is 13.7. The van der Waals surface area contributed by atoms with E-state index in [1.807, 2.05) is 19.1 Å². The van der Waals surface area contributed by atoms with Gasteiger partial charge in [-0.05, 0) is 18.6 Å². The van der Waals surface area contributed by atoms with E-state index in [1.165, 1.54) is 6.07 Å². The van der Waals surface area contributed by atoms with Crippen LogP contribution in [0.1, 0.15) is 10.6 Å². The van der Waals surface area contributed by atoms with Gasteiger partial charge in [-0.3, -0.25) is 0 Å². The van der Waals surface area contributed by atoms with Crippen molar-refractivity contribution >= 4 is 21.6 Å². The summed E-state index contributed by atoms with van der Waals surface area (Å²) in [6, 6.07) is 9.45. The van der Waals surface area contributed by atoms with Crippen LogP contribution in [0.5, 0.6) is 0 Å². The summed E-state index contributed by atoms with van der Waals surface area (Å²) >= 11 is 0.536. The molecule has 0 spiro atoms. The molecule has 108 valence electrons. The van der Waals surface area contributed by atoms with E-state index in [1.54, 1.807) is 12.1 Å². The van der Waals surface area contributed by atoms with Crippen molar-refractivity contribution in [1.82, 2.24) is 4.98 Å². The van der Waals surface area contributed by atoms with Crippen molar-refractivity contribution in [2.75, 3.05) is 0 Å². The predicted octanol–water partition coefficient (Wildman–Crippen LogP) is 5.43. The third-order valence-corrected chi connectivity index (χ3v) is 4.21. The summed E-state index contributed by atoms with van der Waals surface area (Å²) in [6.45, 7) is 1.90. The molecule has 0 aliphatic heterocycles. The standard InChI is InChI=1S/C15H9F4NS/c1-8-2-4-9(5-3-8)11-6-10(16)7-12-13(11)21-14(20-12)15(17,18)19/h2-7H,1H3. The highest BCUT2D eigenvalue weighted by Gasteiger charge is 2.35. The molecule has 0 aliphatic rings. The molecular formula is C15H9F4NS. The normalized spacial score (nSPS) is 12.0. The smallest absolute Gasteiger partial charge is 0.232 e. The van der Waals surface area contributed by atoms with Gasteiger partial charge in [0.2, 0.25) is 0 Å². The van der Waals surface area contributed by atoms with Crippen LogP contribution in [0.4, 0.5) is 17.6 Å². The van der Waals surface area contributed by atoms with E-state index in [-0.39, 0.29) is 5.52 Å². The van der Waals surface area contributed by atoms with Crippen LogP contribution < -0.4 is 0 Å². The molecule has 21 heavy (non-hydrogen) atoms. The van der Waals surface area contributed by atoms with Crippen molar-refractivity contribution in [1.29, 1.82) is 0 Å². The number of alkyl halides is 3. The fourth-order valence-corrected chi connectivity index (χ4v) is 3.02. The number of rotatable bonds is 1. The Balaban J connectivity index is 2.26. The number of hydrogen-bond donors (Lipinski definition) is 0. The van der Waals surface area contributed by atoms with Gasteiger partial charge in [-0.1, -0.05) is 29.8 Å². The molecule has 1 aromatic heterocycles. The van der Waals surface area contributed by atoms with Crippen LogP contribution in [-0.2, 0) is 6.18 Å². The lowest BCUT2D eigenvalue weighted by molar-refractivity contribution is -0.137. The molecule has 6 heteroatoms. The molecule has 0 fully saturated rings. The number of benzene rings is 2. The molecule has 0 saturated carbocycles. The van der Waals surface area contributed by atoms with E-state index >= 15 is 0 Å². The lowest BCUT2D eigenvalue weighted by atomic mass is 10.0. The van der Waals surface area contributed by atoms with Gasteiger partial charge in [0.25, 0.3) is 0 Å². The van der Waals surface area contributed by atoms with Crippen LogP contribution in [0.25, 0.3) is 21.3 Å². The number of nitrogens with zero attached hydrogens (tertiary/aromatic N) is 1. The zero-order chi connectivity index (χ0) is 15.2. The molecule has 0 unspecified atom stereocenters. The predicted molar refractivity (Wildman–Crippen MR) is 74.8 cm³/mol. The van der Waals surface area contributed by atoms with E-state index < -0.39 is 17.0 Å². The lowest BCUT2D eigenvalue weighted by Gasteiger charge is -2.04. The maximum Gasteiger partial charge on any atom is 0.443 e. The van der Waals surface area contributed by atoms with Crippen molar-refractivity contribution in [3.63, 3.8) is 0 Å². The Hall–Kier alpha value is -1.95. The Morgan fingerprint density at radius 2 is 1.71 bits per heavy atom. The van der Waals surface area contributed by atoms with Gasteiger partial charge in [0.05, 0.1) is 10.2 Å². The van der Waals surface area contributed by atoms with Crippen LogP contribution >= 0.6 is 11.3 Å². The largest absolute Gasteiger partial charge is 0.443 e. The Morgan fingerprint density at radius 3 is 2.33 bits per heavy atom. The molecule has 3 rings (SSSR count). The van der Waals surface area contributed by atoms with Gasteiger partial charge < -0.3 is 0 Å². The third kappa shape index (κ3) is 2.63. The van der Waals surface area contributed by atoms with E-state index in [2.05, 4.69) is 4.98 Å². The highest BCUT2D eigenvalue weighted by Crippen LogP contribution is 2.39. The summed E-state index contributed by atoms with van der Waals surface area (Å²) in [7, 11) is 0. The summed E-state index contributed by atoms with van der Waals surface area (Å²) in [5.41, 5.74) is 2.15. The monoisotopic (exact) mass is 311 g/mol. The van der Waals surface area contributed by atoms with Gasteiger partial charge >= 0.3 is 6.18 Å². The third-order valence-electron chi connectivity index (χ3n) is 3.06. The Kier molecular flexibility index (Phi) is 3.20. The summed E-state index contributed by atoms with van der Waals surface area (Å²) in [4.78, 5) is 3.50. The minimum Gasteiger partial charge on any atom is -0.232 e. The second-order valence-electron chi connectivity index (χ2n) is 4.68. The van der Waals surface area contributed by atoms with Gasteiger partial charge in [-0.15, -0.1) is 11.3 Å². The molecule has 0 radical (unpaired) electrons. The van der Waals surface area contributed by atoms with Crippen LogP contribution in [0, 0.1) is 12.7 Å². The SMILES string of the molecule is Cc1ccc(-c2cc(F)cc3nc(C(F)(F)F)sc23)cc1. The van der Waals surface area contributed by atoms with Gasteiger partial charge in [-0.2, -0.15) is 13.2 Å². The Bertz CT molecular complexity index is 803. The number of aryl methyl sites for hydroxylation is 1. The van der Waals surface area contributed by atoms with E-state index in [0.717, 1.165) is 11.6 Å². The quantitative estimate of drug-likeness (QED) is 0.546. The fourth-order valence-electron chi connectivity index (χ4n) is 2.07. The fraction of sp³-hybridized carbons (Fsp3) is 0.133. The highest BCUT2D eigenvalue weighted by molar-refractivity contribution is 7.19. The second-order valence-corrected chi connectivity index (χ2v) is 5.68. The molecule has 3 aromatic rings. The topological polar surface area (TPSA) is 12.9 Å². The van der Waals surface area contributed by atoms with Crippen molar-refractivity contribution in [3.05, 3.63) is 52.8 Å². The summed E-state index contributed by atoms with van der Waals surface area (Å²) in [6.07, 6.45) is -4.52. The van der Waals surface area contributed by atoms with Gasteiger partial charge in [0.15, 0.2) is 5.01 Å². The van der Waals surface area contributed by atoms with Crippen molar-refractivity contribution < 1.29 is 17.6 Å². The van der Waals surface area contributed by atoms with Gasteiger partial charge in [0, 0.05) is 11.6 Å². The van der Waals surface area contributed by atoms with Gasteiger partial charge in [-0.25, -0.2) is 9.37 Å². The van der Waals surface area contributed by atoms with Crippen LogP contribution in [0.3, 0.4) is 0 Å². The lowest BCUT2D eigenvalue weighted by Crippen LogP contribution is -2.03. The first-order chi connectivity index (χ1) is 9.84. The summed E-state index contributed by atoms with van der Waals surface area (Å²) in [5.74, 6) is -0.600. The van der Waals surface area contributed by atoms with Crippen LogP contribution in [0.2, 0.25) is 0 Å². The molecule has 0 amide bonds.